The Labute approximate surface area is 143 Å². The van der Waals surface area contributed by atoms with Crippen molar-refractivity contribution >= 4 is 23.2 Å². The van der Waals surface area contributed by atoms with Gasteiger partial charge in [-0.25, -0.2) is 0 Å². The van der Waals surface area contributed by atoms with Gasteiger partial charge in [-0.1, -0.05) is 56.2 Å². The highest BCUT2D eigenvalue weighted by Gasteiger charge is 2.40. The summed E-state index contributed by atoms with van der Waals surface area (Å²) in [6, 6.07) is 18.4. The van der Waals surface area contributed by atoms with Gasteiger partial charge in [0.1, 0.15) is 5.41 Å². The van der Waals surface area contributed by atoms with Gasteiger partial charge in [0.05, 0.1) is 0 Å². The molecule has 0 aliphatic carbocycles. The van der Waals surface area contributed by atoms with E-state index in [4.69, 9.17) is 0 Å². The van der Waals surface area contributed by atoms with E-state index in [9.17, 15) is 9.59 Å². The molecule has 4 nitrogen and oxygen atoms in total. The minimum Gasteiger partial charge on any atom is -0.325 e. The predicted molar refractivity (Wildman–Crippen MR) is 97.8 cm³/mol. The molecule has 2 amide bonds. The van der Waals surface area contributed by atoms with Crippen LogP contribution < -0.4 is 10.6 Å². The van der Waals surface area contributed by atoms with Gasteiger partial charge in [-0.3, -0.25) is 9.59 Å². The minimum absolute atomic E-state index is 0.282. The molecule has 4 heteroatoms. The van der Waals surface area contributed by atoms with Crippen LogP contribution in [-0.4, -0.2) is 11.8 Å². The first-order valence-corrected chi connectivity index (χ1v) is 8.29. The van der Waals surface area contributed by atoms with Crippen molar-refractivity contribution in [1.82, 2.24) is 0 Å². The topological polar surface area (TPSA) is 58.2 Å². The Kier molecular flexibility index (Phi) is 6.13. The van der Waals surface area contributed by atoms with Crippen molar-refractivity contribution in [2.45, 2.75) is 33.1 Å². The number of carbonyl (C=O) groups is 2. The lowest BCUT2D eigenvalue weighted by Crippen LogP contribution is -2.44. The molecule has 2 aromatic rings. The molecule has 24 heavy (non-hydrogen) atoms. The maximum atomic E-state index is 12.8. The lowest BCUT2D eigenvalue weighted by atomic mass is 9.82. The third-order valence-corrected chi connectivity index (χ3v) is 4.10. The van der Waals surface area contributed by atoms with Crippen molar-refractivity contribution < 1.29 is 9.59 Å². The molecule has 0 aliphatic heterocycles. The van der Waals surface area contributed by atoms with Crippen molar-refractivity contribution in [2.24, 2.45) is 5.41 Å². The summed E-state index contributed by atoms with van der Waals surface area (Å²) in [6.45, 7) is 3.75. The van der Waals surface area contributed by atoms with E-state index in [-0.39, 0.29) is 11.8 Å². The number of unbranched alkanes of at least 4 members (excludes halogenated alkanes) is 1. The molecular formula is C20H24N2O2. The van der Waals surface area contributed by atoms with Crippen LogP contribution in [0.4, 0.5) is 11.4 Å². The standard InChI is InChI=1S/C20H24N2O2/c1-3-4-15-20(2,18(23)21-16-11-7-5-8-12-16)19(24)22-17-13-9-6-10-14-17/h5-14H,3-4,15H2,1-2H3,(H,21,23)(H,22,24). The smallest absolute Gasteiger partial charge is 0.239 e. The average Bonchev–Trinajstić information content (AvgIpc) is 2.61. The third kappa shape index (κ3) is 4.44. The predicted octanol–water partition coefficient (Wildman–Crippen LogP) is 4.46. The van der Waals surface area contributed by atoms with Crippen LogP contribution in [0.15, 0.2) is 60.7 Å². The molecular weight excluding hydrogens is 300 g/mol. The number of amides is 2. The van der Waals surface area contributed by atoms with Gasteiger partial charge in [0.2, 0.25) is 11.8 Å². The molecule has 0 saturated carbocycles. The zero-order valence-electron chi connectivity index (χ0n) is 14.2. The number of para-hydroxylation sites is 2. The van der Waals surface area contributed by atoms with Crippen LogP contribution in [0.3, 0.4) is 0 Å². The largest absolute Gasteiger partial charge is 0.325 e. The van der Waals surface area contributed by atoms with Crippen LogP contribution >= 0.6 is 0 Å². The zero-order chi connectivity index (χ0) is 17.4. The van der Waals surface area contributed by atoms with E-state index in [0.29, 0.717) is 17.8 Å². The third-order valence-electron chi connectivity index (χ3n) is 4.10. The first-order chi connectivity index (χ1) is 11.6. The lowest BCUT2D eigenvalue weighted by Gasteiger charge is -2.27. The SMILES string of the molecule is CCCCC(C)(C(=O)Nc1ccccc1)C(=O)Nc1ccccc1. The summed E-state index contributed by atoms with van der Waals surface area (Å²) in [5.41, 5.74) is 0.261. The summed E-state index contributed by atoms with van der Waals surface area (Å²) in [7, 11) is 0. The van der Waals surface area contributed by atoms with Crippen LogP contribution in [-0.2, 0) is 9.59 Å². The molecule has 0 saturated heterocycles. The summed E-state index contributed by atoms with van der Waals surface area (Å²) >= 11 is 0. The van der Waals surface area contributed by atoms with Crippen molar-refractivity contribution in [2.75, 3.05) is 10.6 Å². The van der Waals surface area contributed by atoms with Crippen LogP contribution in [0, 0.1) is 5.41 Å². The fourth-order valence-electron chi connectivity index (χ4n) is 2.44. The van der Waals surface area contributed by atoms with E-state index < -0.39 is 5.41 Å². The first-order valence-electron chi connectivity index (χ1n) is 8.29. The highest BCUT2D eigenvalue weighted by molar-refractivity contribution is 6.14. The molecule has 0 aliphatic rings. The Hall–Kier alpha value is -2.62. The summed E-state index contributed by atoms with van der Waals surface area (Å²) in [6.07, 6.45) is 2.23. The van der Waals surface area contributed by atoms with E-state index in [1.165, 1.54) is 0 Å². The summed E-state index contributed by atoms with van der Waals surface area (Å²) < 4.78 is 0. The van der Waals surface area contributed by atoms with Gasteiger partial charge in [-0.2, -0.15) is 0 Å². The summed E-state index contributed by atoms with van der Waals surface area (Å²) in [5, 5.41) is 5.72. The molecule has 0 heterocycles. The van der Waals surface area contributed by atoms with Crippen LogP contribution in [0.1, 0.15) is 33.1 Å². The Bertz CT molecular complexity index is 615. The number of rotatable bonds is 7. The second kappa shape index (κ2) is 8.29. The van der Waals surface area contributed by atoms with Gasteiger partial charge in [0, 0.05) is 11.4 Å². The molecule has 0 radical (unpaired) electrons. The number of carbonyl (C=O) groups excluding carboxylic acids is 2. The monoisotopic (exact) mass is 324 g/mol. The summed E-state index contributed by atoms with van der Waals surface area (Å²) in [4.78, 5) is 25.6. The van der Waals surface area contributed by atoms with Crippen LogP contribution in [0.25, 0.3) is 0 Å². The van der Waals surface area contributed by atoms with Crippen LogP contribution in [0.5, 0.6) is 0 Å². The molecule has 126 valence electrons. The second-order valence-electron chi connectivity index (χ2n) is 6.08. The van der Waals surface area contributed by atoms with E-state index in [2.05, 4.69) is 10.6 Å². The van der Waals surface area contributed by atoms with E-state index in [0.717, 1.165) is 12.8 Å². The van der Waals surface area contributed by atoms with Crippen molar-refractivity contribution in [3.63, 3.8) is 0 Å². The fraction of sp³-hybridized carbons (Fsp3) is 0.300. The normalized spacial score (nSPS) is 10.9. The molecule has 2 rings (SSSR count). The van der Waals surface area contributed by atoms with Crippen LogP contribution in [0.2, 0.25) is 0 Å². The number of hydrogen-bond donors (Lipinski definition) is 2. The molecule has 0 unspecified atom stereocenters. The van der Waals surface area contributed by atoms with Gasteiger partial charge in [-0.05, 0) is 37.6 Å². The molecule has 0 fully saturated rings. The van der Waals surface area contributed by atoms with Crippen molar-refractivity contribution in [3.05, 3.63) is 60.7 Å². The Balaban J connectivity index is 2.17. The van der Waals surface area contributed by atoms with Crippen molar-refractivity contribution in [3.8, 4) is 0 Å². The molecule has 0 spiro atoms. The number of anilines is 2. The first kappa shape index (κ1) is 17.7. The number of benzene rings is 2. The minimum atomic E-state index is -1.12. The second-order valence-corrected chi connectivity index (χ2v) is 6.08. The molecule has 0 aromatic heterocycles. The Morgan fingerprint density at radius 2 is 1.25 bits per heavy atom. The maximum absolute atomic E-state index is 12.8. The highest BCUT2D eigenvalue weighted by atomic mass is 16.2. The lowest BCUT2D eigenvalue weighted by molar-refractivity contribution is -0.136. The molecule has 2 aromatic carbocycles. The Morgan fingerprint density at radius 3 is 1.62 bits per heavy atom. The Morgan fingerprint density at radius 1 is 0.833 bits per heavy atom. The zero-order valence-corrected chi connectivity index (χ0v) is 14.2. The van der Waals surface area contributed by atoms with Crippen molar-refractivity contribution in [1.29, 1.82) is 0 Å². The van der Waals surface area contributed by atoms with E-state index in [1.54, 1.807) is 6.92 Å². The maximum Gasteiger partial charge on any atom is 0.239 e. The van der Waals surface area contributed by atoms with Gasteiger partial charge < -0.3 is 10.6 Å². The van der Waals surface area contributed by atoms with E-state index >= 15 is 0 Å². The number of nitrogens with one attached hydrogen (secondary N) is 2. The average molecular weight is 324 g/mol. The van der Waals surface area contributed by atoms with Gasteiger partial charge in [0.25, 0.3) is 0 Å². The quantitative estimate of drug-likeness (QED) is 0.739. The van der Waals surface area contributed by atoms with E-state index in [1.807, 2.05) is 67.6 Å². The van der Waals surface area contributed by atoms with Gasteiger partial charge in [-0.15, -0.1) is 0 Å². The molecule has 0 atom stereocenters. The molecule has 0 bridgehead atoms. The molecule has 2 N–H and O–H groups in total. The fourth-order valence-corrected chi connectivity index (χ4v) is 2.44. The van der Waals surface area contributed by atoms with Gasteiger partial charge in [0.15, 0.2) is 0 Å². The van der Waals surface area contributed by atoms with Gasteiger partial charge >= 0.3 is 0 Å². The number of hydrogen-bond acceptors (Lipinski definition) is 2. The highest BCUT2D eigenvalue weighted by Crippen LogP contribution is 2.28. The summed E-state index contributed by atoms with van der Waals surface area (Å²) in [5.74, 6) is -0.564.